The Labute approximate surface area is 113 Å². The van der Waals surface area contributed by atoms with Gasteiger partial charge in [0.05, 0.1) is 0 Å². The number of hydrogen-bond donors (Lipinski definition) is 1. The maximum absolute atomic E-state index is 3.54. The average Bonchev–Trinajstić information content (AvgIpc) is 2.94. The van der Waals surface area contributed by atoms with Gasteiger partial charge >= 0.3 is 0 Å². The number of rotatable bonds is 3. The summed E-state index contributed by atoms with van der Waals surface area (Å²) in [6.07, 6.45) is 1.33. The molecule has 0 aliphatic carbocycles. The molecule has 1 saturated heterocycles. The monoisotopic (exact) mass is 257 g/mol. The second kappa shape index (κ2) is 5.33. The van der Waals surface area contributed by atoms with Crippen molar-refractivity contribution in [3.63, 3.8) is 0 Å². The molecule has 0 amide bonds. The number of benzene rings is 2. The highest BCUT2D eigenvalue weighted by molar-refractivity contribution is 7.99. The summed E-state index contributed by atoms with van der Waals surface area (Å²) in [4.78, 5) is 0. The van der Waals surface area contributed by atoms with Crippen LogP contribution in [0, 0.1) is 5.92 Å². The van der Waals surface area contributed by atoms with E-state index in [4.69, 9.17) is 0 Å². The van der Waals surface area contributed by atoms with E-state index in [1.54, 1.807) is 0 Å². The van der Waals surface area contributed by atoms with Gasteiger partial charge < -0.3 is 5.32 Å². The van der Waals surface area contributed by atoms with E-state index in [9.17, 15) is 0 Å². The third-order valence-electron chi connectivity index (χ3n) is 3.91. The van der Waals surface area contributed by atoms with Crippen molar-refractivity contribution in [1.29, 1.82) is 0 Å². The molecule has 1 N–H and O–H groups in total. The molecule has 18 heavy (non-hydrogen) atoms. The Balaban J connectivity index is 2.06. The van der Waals surface area contributed by atoms with Gasteiger partial charge in [-0.1, -0.05) is 42.5 Å². The van der Waals surface area contributed by atoms with Crippen LogP contribution in [0.1, 0.15) is 18.0 Å². The zero-order chi connectivity index (χ0) is 12.4. The zero-order valence-corrected chi connectivity index (χ0v) is 11.5. The second-order valence-electron chi connectivity index (χ2n) is 4.96. The van der Waals surface area contributed by atoms with Crippen molar-refractivity contribution in [2.45, 2.75) is 12.5 Å². The fraction of sp³-hybridized carbons (Fsp3) is 0.375. The second-order valence-corrected chi connectivity index (χ2v) is 6.11. The van der Waals surface area contributed by atoms with Gasteiger partial charge in [0.15, 0.2) is 0 Å². The Morgan fingerprint density at radius 2 is 2.00 bits per heavy atom. The molecule has 1 fully saturated rings. The SMILES string of the molecule is CNC(c1cccc2ccccc12)C1CCSC1. The van der Waals surface area contributed by atoms with E-state index in [1.165, 1.54) is 34.3 Å². The molecule has 2 unspecified atom stereocenters. The van der Waals surface area contributed by atoms with E-state index < -0.39 is 0 Å². The predicted molar refractivity (Wildman–Crippen MR) is 81.2 cm³/mol. The van der Waals surface area contributed by atoms with Crippen molar-refractivity contribution in [2.75, 3.05) is 18.6 Å². The summed E-state index contributed by atoms with van der Waals surface area (Å²) < 4.78 is 0. The standard InChI is InChI=1S/C16H19NS/c1-17-16(13-9-10-18-11-13)15-8-4-6-12-5-2-3-7-14(12)15/h2-8,13,16-17H,9-11H2,1H3. The maximum atomic E-state index is 3.54. The summed E-state index contributed by atoms with van der Waals surface area (Å²) in [6, 6.07) is 15.9. The number of nitrogens with one attached hydrogen (secondary N) is 1. The molecule has 1 aliphatic heterocycles. The normalized spacial score (nSPS) is 21.3. The summed E-state index contributed by atoms with van der Waals surface area (Å²) in [5.74, 6) is 3.37. The number of fused-ring (bicyclic) bond motifs is 1. The van der Waals surface area contributed by atoms with Gasteiger partial charge in [-0.25, -0.2) is 0 Å². The molecule has 94 valence electrons. The number of hydrogen-bond acceptors (Lipinski definition) is 2. The van der Waals surface area contributed by atoms with E-state index in [1.807, 2.05) is 0 Å². The molecular weight excluding hydrogens is 238 g/mol. The molecule has 2 aromatic carbocycles. The smallest absolute Gasteiger partial charge is 0.0360 e. The van der Waals surface area contributed by atoms with Gasteiger partial charge in [-0.15, -0.1) is 0 Å². The van der Waals surface area contributed by atoms with Crippen molar-refractivity contribution < 1.29 is 0 Å². The Bertz CT molecular complexity index is 526. The van der Waals surface area contributed by atoms with Gasteiger partial charge in [-0.3, -0.25) is 0 Å². The van der Waals surface area contributed by atoms with Crippen molar-refractivity contribution in [3.8, 4) is 0 Å². The van der Waals surface area contributed by atoms with Gasteiger partial charge in [-0.2, -0.15) is 11.8 Å². The first-order chi connectivity index (χ1) is 8.90. The van der Waals surface area contributed by atoms with Crippen molar-refractivity contribution in [1.82, 2.24) is 5.32 Å². The lowest BCUT2D eigenvalue weighted by Crippen LogP contribution is -2.25. The lowest BCUT2D eigenvalue weighted by molar-refractivity contribution is 0.422. The zero-order valence-electron chi connectivity index (χ0n) is 10.7. The molecule has 0 bridgehead atoms. The summed E-state index contributed by atoms with van der Waals surface area (Å²) in [5.41, 5.74) is 1.46. The summed E-state index contributed by atoms with van der Waals surface area (Å²) in [7, 11) is 2.09. The van der Waals surface area contributed by atoms with Gasteiger partial charge in [0.2, 0.25) is 0 Å². The van der Waals surface area contributed by atoms with Crippen LogP contribution in [-0.4, -0.2) is 18.6 Å². The molecule has 1 aliphatic rings. The molecule has 1 heterocycles. The Kier molecular flexibility index (Phi) is 3.57. The summed E-state index contributed by atoms with van der Waals surface area (Å²) in [5, 5.41) is 6.29. The highest BCUT2D eigenvalue weighted by atomic mass is 32.2. The summed E-state index contributed by atoms with van der Waals surface area (Å²) >= 11 is 2.09. The van der Waals surface area contributed by atoms with Gasteiger partial charge in [-0.05, 0) is 47.2 Å². The summed E-state index contributed by atoms with van der Waals surface area (Å²) in [6.45, 7) is 0. The van der Waals surface area contributed by atoms with Crippen LogP contribution >= 0.6 is 11.8 Å². The maximum Gasteiger partial charge on any atom is 0.0360 e. The molecule has 3 rings (SSSR count). The minimum absolute atomic E-state index is 0.492. The Morgan fingerprint density at radius 3 is 2.78 bits per heavy atom. The highest BCUT2D eigenvalue weighted by Gasteiger charge is 2.26. The van der Waals surface area contributed by atoms with Crippen LogP contribution in [0.15, 0.2) is 42.5 Å². The fourth-order valence-corrected chi connectivity index (χ4v) is 4.28. The quantitative estimate of drug-likeness (QED) is 0.896. The van der Waals surface area contributed by atoms with E-state index in [-0.39, 0.29) is 0 Å². The first-order valence-electron chi connectivity index (χ1n) is 6.63. The van der Waals surface area contributed by atoms with Crippen LogP contribution in [0.5, 0.6) is 0 Å². The van der Waals surface area contributed by atoms with Crippen LogP contribution in [0.2, 0.25) is 0 Å². The van der Waals surface area contributed by atoms with E-state index in [2.05, 4.69) is 66.6 Å². The third kappa shape index (κ3) is 2.15. The van der Waals surface area contributed by atoms with Crippen LogP contribution in [0.25, 0.3) is 10.8 Å². The molecule has 2 atom stereocenters. The van der Waals surface area contributed by atoms with E-state index >= 15 is 0 Å². The molecular formula is C16H19NS. The van der Waals surface area contributed by atoms with Crippen LogP contribution in [0.4, 0.5) is 0 Å². The lowest BCUT2D eigenvalue weighted by Gasteiger charge is -2.24. The van der Waals surface area contributed by atoms with Crippen molar-refractivity contribution >= 4 is 22.5 Å². The predicted octanol–water partition coefficient (Wildman–Crippen LogP) is 3.85. The molecule has 0 saturated carbocycles. The van der Waals surface area contributed by atoms with Crippen LogP contribution in [0.3, 0.4) is 0 Å². The molecule has 1 nitrogen and oxygen atoms in total. The van der Waals surface area contributed by atoms with Gasteiger partial charge in [0.25, 0.3) is 0 Å². The van der Waals surface area contributed by atoms with Crippen LogP contribution in [-0.2, 0) is 0 Å². The minimum atomic E-state index is 0.492. The third-order valence-corrected chi connectivity index (χ3v) is 5.09. The Hall–Kier alpha value is -0.990. The Morgan fingerprint density at radius 1 is 1.17 bits per heavy atom. The van der Waals surface area contributed by atoms with E-state index in [0.717, 1.165) is 5.92 Å². The first kappa shape index (κ1) is 12.1. The van der Waals surface area contributed by atoms with Crippen molar-refractivity contribution in [2.24, 2.45) is 5.92 Å². The first-order valence-corrected chi connectivity index (χ1v) is 7.78. The molecule has 2 heteroatoms. The van der Waals surface area contributed by atoms with Crippen LogP contribution < -0.4 is 5.32 Å². The average molecular weight is 257 g/mol. The molecule has 0 spiro atoms. The topological polar surface area (TPSA) is 12.0 Å². The number of thioether (sulfide) groups is 1. The molecule has 0 radical (unpaired) electrons. The lowest BCUT2D eigenvalue weighted by atomic mass is 9.89. The fourth-order valence-electron chi connectivity index (χ4n) is 2.98. The molecule has 0 aromatic heterocycles. The van der Waals surface area contributed by atoms with Crippen molar-refractivity contribution in [3.05, 3.63) is 48.0 Å². The highest BCUT2D eigenvalue weighted by Crippen LogP contribution is 2.36. The van der Waals surface area contributed by atoms with Gasteiger partial charge in [0.1, 0.15) is 0 Å². The molecule has 2 aromatic rings. The largest absolute Gasteiger partial charge is 0.313 e. The van der Waals surface area contributed by atoms with E-state index in [0.29, 0.717) is 6.04 Å². The van der Waals surface area contributed by atoms with Gasteiger partial charge in [0, 0.05) is 6.04 Å². The minimum Gasteiger partial charge on any atom is -0.313 e.